The molecule has 0 aliphatic carbocycles. The fourth-order valence-electron chi connectivity index (χ4n) is 3.25. The monoisotopic (exact) mass is 391 g/mol. The zero-order chi connectivity index (χ0) is 20.4. The molecule has 0 atom stereocenters. The van der Waals surface area contributed by atoms with Crippen LogP contribution in [0.2, 0.25) is 0 Å². The molecule has 2 aromatic carbocycles. The van der Waals surface area contributed by atoms with E-state index in [0.717, 1.165) is 22.4 Å². The molecule has 8 heteroatoms. The van der Waals surface area contributed by atoms with E-state index < -0.39 is 0 Å². The van der Waals surface area contributed by atoms with Crippen molar-refractivity contribution < 1.29 is 9.47 Å². The quantitative estimate of drug-likeness (QED) is 0.546. The van der Waals surface area contributed by atoms with Crippen LogP contribution in [0, 0.1) is 6.92 Å². The van der Waals surface area contributed by atoms with Gasteiger partial charge in [-0.3, -0.25) is 9.67 Å². The zero-order valence-corrected chi connectivity index (χ0v) is 16.4. The summed E-state index contributed by atoms with van der Waals surface area (Å²) in [5.74, 6) is 2.01. The lowest BCUT2D eigenvalue weighted by Gasteiger charge is -2.09. The van der Waals surface area contributed by atoms with E-state index in [-0.39, 0.29) is 5.69 Å². The van der Waals surface area contributed by atoms with Gasteiger partial charge in [0.15, 0.2) is 0 Å². The van der Waals surface area contributed by atoms with Crippen molar-refractivity contribution in [2.75, 3.05) is 14.2 Å². The lowest BCUT2D eigenvalue weighted by molar-refractivity contribution is 0.414. The number of rotatable bonds is 6. The fourth-order valence-corrected chi connectivity index (χ4v) is 3.25. The number of aryl methyl sites for hydroxylation is 1. The Morgan fingerprint density at radius 2 is 1.97 bits per heavy atom. The molecule has 4 rings (SSSR count). The largest absolute Gasteiger partial charge is 0.497 e. The highest BCUT2D eigenvalue weighted by molar-refractivity contribution is 5.71. The van der Waals surface area contributed by atoms with Gasteiger partial charge in [0.05, 0.1) is 32.6 Å². The molecule has 2 aromatic heterocycles. The van der Waals surface area contributed by atoms with Crippen LogP contribution in [0.25, 0.3) is 16.8 Å². The Bertz CT molecular complexity index is 1190. The van der Waals surface area contributed by atoms with E-state index in [9.17, 15) is 4.79 Å². The van der Waals surface area contributed by atoms with Crippen molar-refractivity contribution in [1.29, 1.82) is 0 Å². The van der Waals surface area contributed by atoms with Gasteiger partial charge in [0.25, 0.3) is 0 Å². The molecule has 0 aliphatic rings. The van der Waals surface area contributed by atoms with Crippen LogP contribution in [0.3, 0.4) is 0 Å². The maximum absolute atomic E-state index is 13.0. The molecule has 0 unspecified atom stereocenters. The molecule has 0 amide bonds. The number of nitrogens with one attached hydrogen (secondary N) is 1. The van der Waals surface area contributed by atoms with Gasteiger partial charge in [-0.05, 0) is 36.8 Å². The molecule has 4 aromatic rings. The minimum absolute atomic E-state index is 0.219. The number of ether oxygens (including phenoxy) is 2. The Balaban J connectivity index is 1.71. The summed E-state index contributed by atoms with van der Waals surface area (Å²) in [5, 5.41) is 11.2. The van der Waals surface area contributed by atoms with Gasteiger partial charge in [0.2, 0.25) is 0 Å². The minimum Gasteiger partial charge on any atom is -0.497 e. The van der Waals surface area contributed by atoms with E-state index in [0.29, 0.717) is 23.8 Å². The molecular weight excluding hydrogens is 370 g/mol. The second-order valence-electron chi connectivity index (χ2n) is 6.55. The van der Waals surface area contributed by atoms with Crippen molar-refractivity contribution >= 4 is 0 Å². The minimum atomic E-state index is -0.219. The van der Waals surface area contributed by atoms with E-state index >= 15 is 0 Å². The van der Waals surface area contributed by atoms with Crippen molar-refractivity contribution in [3.8, 4) is 28.3 Å². The van der Waals surface area contributed by atoms with Gasteiger partial charge < -0.3 is 9.47 Å². The predicted molar refractivity (Wildman–Crippen MR) is 109 cm³/mol. The van der Waals surface area contributed by atoms with Gasteiger partial charge in [-0.1, -0.05) is 12.1 Å². The first-order chi connectivity index (χ1) is 14.1. The number of benzene rings is 2. The smallest absolute Gasteiger partial charge is 0.351 e. The summed E-state index contributed by atoms with van der Waals surface area (Å²) in [6, 6.07) is 13.2. The molecule has 29 heavy (non-hydrogen) atoms. The van der Waals surface area contributed by atoms with Crippen LogP contribution in [0.1, 0.15) is 11.4 Å². The summed E-state index contributed by atoms with van der Waals surface area (Å²) in [6.45, 7) is 2.22. The Morgan fingerprint density at radius 1 is 1.10 bits per heavy atom. The van der Waals surface area contributed by atoms with E-state index in [1.165, 1.54) is 4.68 Å². The first-order valence-electron chi connectivity index (χ1n) is 9.07. The van der Waals surface area contributed by atoms with Crippen molar-refractivity contribution in [2.24, 2.45) is 0 Å². The zero-order valence-electron chi connectivity index (χ0n) is 16.4. The molecule has 2 heterocycles. The Labute approximate surface area is 167 Å². The van der Waals surface area contributed by atoms with Crippen LogP contribution < -0.4 is 15.2 Å². The molecule has 0 fully saturated rings. The highest BCUT2D eigenvalue weighted by Crippen LogP contribution is 2.30. The maximum Gasteiger partial charge on any atom is 0.351 e. The molecule has 0 aliphatic heterocycles. The average Bonchev–Trinajstić information content (AvgIpc) is 3.38. The maximum atomic E-state index is 13.0. The molecule has 8 nitrogen and oxygen atoms in total. The molecule has 1 N–H and O–H groups in total. The van der Waals surface area contributed by atoms with Gasteiger partial charge in [0, 0.05) is 23.4 Å². The summed E-state index contributed by atoms with van der Waals surface area (Å²) >= 11 is 0. The van der Waals surface area contributed by atoms with Crippen LogP contribution in [-0.4, -0.2) is 38.8 Å². The van der Waals surface area contributed by atoms with E-state index in [1.807, 2.05) is 43.3 Å². The highest BCUT2D eigenvalue weighted by atomic mass is 16.5. The van der Waals surface area contributed by atoms with Crippen molar-refractivity contribution in [1.82, 2.24) is 24.5 Å². The first kappa shape index (κ1) is 18.5. The number of aromatic nitrogens is 5. The van der Waals surface area contributed by atoms with Crippen molar-refractivity contribution in [3.05, 3.63) is 76.7 Å². The molecular formula is C21H21N5O3. The Kier molecular flexibility index (Phi) is 4.90. The van der Waals surface area contributed by atoms with Gasteiger partial charge in [-0.15, -0.1) is 0 Å². The van der Waals surface area contributed by atoms with E-state index in [4.69, 9.17) is 9.47 Å². The number of hydrogen-bond donors (Lipinski definition) is 1. The van der Waals surface area contributed by atoms with Crippen LogP contribution in [0.15, 0.2) is 59.7 Å². The molecule has 0 saturated carbocycles. The van der Waals surface area contributed by atoms with E-state index in [1.54, 1.807) is 37.2 Å². The van der Waals surface area contributed by atoms with Gasteiger partial charge in [0.1, 0.15) is 17.3 Å². The highest BCUT2D eigenvalue weighted by Gasteiger charge is 2.15. The first-order valence-corrected chi connectivity index (χ1v) is 9.07. The Hall–Kier alpha value is -3.81. The number of H-pyrrole nitrogens is 1. The summed E-state index contributed by atoms with van der Waals surface area (Å²) in [5.41, 5.74) is 3.16. The number of methoxy groups -OCH3 is 2. The average molecular weight is 391 g/mol. The van der Waals surface area contributed by atoms with Crippen molar-refractivity contribution in [3.63, 3.8) is 0 Å². The normalized spacial score (nSPS) is 10.9. The third kappa shape index (κ3) is 3.52. The fraction of sp³-hybridized carbons (Fsp3) is 0.190. The lowest BCUT2D eigenvalue weighted by atomic mass is 10.1. The van der Waals surface area contributed by atoms with Crippen LogP contribution in [0.5, 0.6) is 11.5 Å². The number of nitrogens with zero attached hydrogens (tertiary/aromatic N) is 4. The number of aromatic amines is 1. The standard InChI is InChI=1S/C21H21N5O3/c1-14-24-26(21(27)25(14)13-15-5-4-6-18(9-15)28-2)17-7-8-19(20(10-17)29-3)16-11-22-23-12-16/h4-12H,13H2,1-3H3,(H,22,23). The Morgan fingerprint density at radius 3 is 2.69 bits per heavy atom. The van der Waals surface area contributed by atoms with Crippen molar-refractivity contribution in [2.45, 2.75) is 13.5 Å². The van der Waals surface area contributed by atoms with Gasteiger partial charge in [-0.25, -0.2) is 4.79 Å². The van der Waals surface area contributed by atoms with E-state index in [2.05, 4.69) is 15.3 Å². The summed E-state index contributed by atoms with van der Waals surface area (Å²) in [4.78, 5) is 13.0. The van der Waals surface area contributed by atoms with Crippen LogP contribution in [0.4, 0.5) is 0 Å². The van der Waals surface area contributed by atoms with Gasteiger partial charge >= 0.3 is 5.69 Å². The van der Waals surface area contributed by atoms with Gasteiger partial charge in [-0.2, -0.15) is 14.9 Å². The lowest BCUT2D eigenvalue weighted by Crippen LogP contribution is -2.24. The second-order valence-corrected chi connectivity index (χ2v) is 6.55. The molecule has 0 bridgehead atoms. The topological polar surface area (TPSA) is 87.0 Å². The second kappa shape index (κ2) is 7.67. The predicted octanol–water partition coefficient (Wildman–Crippen LogP) is 2.80. The third-order valence-electron chi connectivity index (χ3n) is 4.76. The summed E-state index contributed by atoms with van der Waals surface area (Å²) < 4.78 is 13.8. The SMILES string of the molecule is COc1cccc(Cn2c(C)nn(-c3ccc(-c4cn[nH]c4)c(OC)c3)c2=O)c1. The molecule has 0 saturated heterocycles. The molecule has 0 spiro atoms. The third-order valence-corrected chi connectivity index (χ3v) is 4.76. The summed E-state index contributed by atoms with van der Waals surface area (Å²) in [7, 11) is 3.22. The van der Waals surface area contributed by atoms with Crippen LogP contribution in [-0.2, 0) is 6.54 Å². The van der Waals surface area contributed by atoms with Crippen LogP contribution >= 0.6 is 0 Å². The number of hydrogen-bond acceptors (Lipinski definition) is 5. The molecule has 148 valence electrons. The molecule has 0 radical (unpaired) electrons. The summed E-state index contributed by atoms with van der Waals surface area (Å²) in [6.07, 6.45) is 3.51.